The average molecular weight is 460 g/mol. The lowest BCUT2D eigenvalue weighted by atomic mass is 10.1. The van der Waals surface area contributed by atoms with Crippen molar-refractivity contribution in [3.05, 3.63) is 99.7 Å². The van der Waals surface area contributed by atoms with Gasteiger partial charge in [-0.15, -0.1) is 0 Å². The molecule has 33 heavy (non-hydrogen) atoms. The summed E-state index contributed by atoms with van der Waals surface area (Å²) in [5.41, 5.74) is 5.05. The van der Waals surface area contributed by atoms with Crippen molar-refractivity contribution in [2.24, 2.45) is 0 Å². The van der Waals surface area contributed by atoms with Crippen LogP contribution in [0.25, 0.3) is 0 Å². The molecule has 0 aromatic heterocycles. The van der Waals surface area contributed by atoms with Crippen molar-refractivity contribution in [2.45, 2.75) is 20.8 Å². The minimum absolute atomic E-state index is 0.0315. The third-order valence-electron chi connectivity index (χ3n) is 5.48. The topological polar surface area (TPSA) is 78.5 Å². The van der Waals surface area contributed by atoms with E-state index in [1.54, 1.807) is 36.4 Å². The number of anilines is 3. The summed E-state index contributed by atoms with van der Waals surface area (Å²) < 4.78 is 0. The fourth-order valence-electron chi connectivity index (χ4n) is 3.43. The van der Waals surface area contributed by atoms with Crippen LogP contribution in [0.2, 0.25) is 0 Å². The van der Waals surface area contributed by atoms with Gasteiger partial charge in [0.15, 0.2) is 0 Å². The Morgan fingerprint density at radius 1 is 0.818 bits per heavy atom. The van der Waals surface area contributed by atoms with Crippen LogP contribution in [0.5, 0.6) is 0 Å². The number of hydrogen-bond donors (Lipinski definition) is 2. The van der Waals surface area contributed by atoms with Crippen molar-refractivity contribution in [1.82, 2.24) is 0 Å². The standard InChI is InChI=1S/C26H22ClN3O3/c1-15-7-10-19(11-8-15)29-24(31)18-5-4-6-20(14-18)28-23-22(27)25(32)30(26(23)33)21-12-9-16(2)17(3)13-21/h4-14,28H,1-3H3,(H,29,31). The maximum Gasteiger partial charge on any atom is 0.283 e. The lowest BCUT2D eigenvalue weighted by Gasteiger charge is -2.16. The summed E-state index contributed by atoms with van der Waals surface area (Å²) in [6, 6.07) is 19.4. The Balaban J connectivity index is 1.54. The second-order valence-electron chi connectivity index (χ2n) is 7.93. The first-order valence-electron chi connectivity index (χ1n) is 10.4. The fourth-order valence-corrected chi connectivity index (χ4v) is 3.65. The molecule has 0 spiro atoms. The normalized spacial score (nSPS) is 13.5. The molecule has 0 atom stereocenters. The second-order valence-corrected chi connectivity index (χ2v) is 8.31. The van der Waals surface area contributed by atoms with Crippen LogP contribution >= 0.6 is 11.6 Å². The molecule has 0 bridgehead atoms. The van der Waals surface area contributed by atoms with Gasteiger partial charge in [0.05, 0.1) is 5.69 Å². The molecule has 3 amide bonds. The number of nitrogens with one attached hydrogen (secondary N) is 2. The zero-order chi connectivity index (χ0) is 23.7. The van der Waals surface area contributed by atoms with E-state index >= 15 is 0 Å². The number of carbonyl (C=O) groups is 3. The van der Waals surface area contributed by atoms with Crippen LogP contribution in [0.4, 0.5) is 17.1 Å². The predicted molar refractivity (Wildman–Crippen MR) is 130 cm³/mol. The number of aryl methyl sites for hydroxylation is 3. The third-order valence-corrected chi connectivity index (χ3v) is 5.83. The van der Waals surface area contributed by atoms with E-state index < -0.39 is 11.8 Å². The van der Waals surface area contributed by atoms with Crippen molar-refractivity contribution in [3.63, 3.8) is 0 Å². The molecule has 0 saturated carbocycles. The van der Waals surface area contributed by atoms with E-state index in [2.05, 4.69) is 10.6 Å². The van der Waals surface area contributed by atoms with Crippen LogP contribution in [0.3, 0.4) is 0 Å². The summed E-state index contributed by atoms with van der Waals surface area (Å²) in [4.78, 5) is 39.5. The zero-order valence-corrected chi connectivity index (χ0v) is 19.2. The van der Waals surface area contributed by atoms with E-state index in [0.29, 0.717) is 22.6 Å². The predicted octanol–water partition coefficient (Wildman–Crippen LogP) is 5.30. The lowest BCUT2D eigenvalue weighted by Crippen LogP contribution is -2.32. The Bertz CT molecular complexity index is 1310. The average Bonchev–Trinajstić information content (AvgIpc) is 3.00. The van der Waals surface area contributed by atoms with Crippen LogP contribution in [0.1, 0.15) is 27.0 Å². The van der Waals surface area contributed by atoms with Gasteiger partial charge in [0.1, 0.15) is 10.7 Å². The molecule has 166 valence electrons. The molecule has 1 heterocycles. The van der Waals surface area contributed by atoms with E-state index in [0.717, 1.165) is 21.6 Å². The molecular weight excluding hydrogens is 438 g/mol. The molecule has 2 N–H and O–H groups in total. The fraction of sp³-hybridized carbons (Fsp3) is 0.115. The Kier molecular flexibility index (Phi) is 6.03. The van der Waals surface area contributed by atoms with Crippen molar-refractivity contribution >= 4 is 46.4 Å². The highest BCUT2D eigenvalue weighted by Gasteiger charge is 2.39. The highest BCUT2D eigenvalue weighted by molar-refractivity contribution is 6.53. The van der Waals surface area contributed by atoms with Crippen molar-refractivity contribution in [1.29, 1.82) is 0 Å². The quantitative estimate of drug-likeness (QED) is 0.507. The van der Waals surface area contributed by atoms with Gasteiger partial charge >= 0.3 is 0 Å². The Morgan fingerprint density at radius 2 is 1.55 bits per heavy atom. The molecule has 7 heteroatoms. The first-order chi connectivity index (χ1) is 15.7. The van der Waals surface area contributed by atoms with Crippen molar-refractivity contribution < 1.29 is 14.4 Å². The number of rotatable bonds is 5. The maximum absolute atomic E-state index is 13.0. The minimum atomic E-state index is -0.597. The molecule has 0 radical (unpaired) electrons. The molecule has 0 fully saturated rings. The van der Waals surface area contributed by atoms with Gasteiger partial charge in [-0.1, -0.05) is 41.4 Å². The van der Waals surface area contributed by atoms with Gasteiger partial charge in [0.25, 0.3) is 17.7 Å². The van der Waals surface area contributed by atoms with Crippen molar-refractivity contribution in [3.8, 4) is 0 Å². The summed E-state index contributed by atoms with van der Waals surface area (Å²) >= 11 is 6.24. The lowest BCUT2D eigenvalue weighted by molar-refractivity contribution is -0.120. The monoisotopic (exact) mass is 459 g/mol. The summed E-state index contributed by atoms with van der Waals surface area (Å²) in [5.74, 6) is -1.45. The molecule has 0 saturated heterocycles. The van der Waals surface area contributed by atoms with Crippen LogP contribution in [-0.4, -0.2) is 17.7 Å². The smallest absolute Gasteiger partial charge is 0.283 e. The number of carbonyl (C=O) groups excluding carboxylic acids is 3. The number of benzene rings is 3. The molecule has 3 aromatic rings. The number of hydrogen-bond acceptors (Lipinski definition) is 4. The Morgan fingerprint density at radius 3 is 2.24 bits per heavy atom. The van der Waals surface area contributed by atoms with Gasteiger partial charge in [0, 0.05) is 16.9 Å². The maximum atomic E-state index is 13.0. The zero-order valence-electron chi connectivity index (χ0n) is 18.4. The van der Waals surface area contributed by atoms with Gasteiger partial charge in [-0.3, -0.25) is 14.4 Å². The minimum Gasteiger partial charge on any atom is -0.350 e. The molecular formula is C26H22ClN3O3. The Hall–Kier alpha value is -3.90. The largest absolute Gasteiger partial charge is 0.350 e. The first kappa shape index (κ1) is 22.3. The second kappa shape index (κ2) is 8.92. The van der Waals surface area contributed by atoms with Crippen molar-refractivity contribution in [2.75, 3.05) is 15.5 Å². The SMILES string of the molecule is Cc1ccc(NC(=O)c2cccc(NC3=C(Cl)C(=O)N(c4ccc(C)c(C)c4)C3=O)c2)cc1. The van der Waals surface area contributed by atoms with E-state index in [9.17, 15) is 14.4 Å². The molecule has 1 aliphatic heterocycles. The van der Waals surface area contributed by atoms with E-state index in [1.807, 2.05) is 51.1 Å². The number of amides is 3. The van der Waals surface area contributed by atoms with Gasteiger partial charge in [-0.25, -0.2) is 4.90 Å². The molecule has 1 aliphatic rings. The van der Waals surface area contributed by atoms with Crippen LogP contribution < -0.4 is 15.5 Å². The number of halogens is 1. The van der Waals surface area contributed by atoms with E-state index in [4.69, 9.17) is 11.6 Å². The van der Waals surface area contributed by atoms with Crippen LogP contribution in [0.15, 0.2) is 77.5 Å². The number of nitrogens with zero attached hydrogens (tertiary/aromatic N) is 1. The summed E-state index contributed by atoms with van der Waals surface area (Å²) in [7, 11) is 0. The highest BCUT2D eigenvalue weighted by Crippen LogP contribution is 2.31. The summed E-state index contributed by atoms with van der Waals surface area (Å²) in [6.07, 6.45) is 0. The molecule has 0 unspecified atom stereocenters. The first-order valence-corrected chi connectivity index (χ1v) is 10.7. The van der Waals surface area contributed by atoms with Gasteiger partial charge < -0.3 is 10.6 Å². The number of imide groups is 1. The molecule has 4 rings (SSSR count). The van der Waals surface area contributed by atoms with Gasteiger partial charge in [-0.2, -0.15) is 0 Å². The third kappa shape index (κ3) is 4.52. The van der Waals surface area contributed by atoms with Gasteiger partial charge in [0.2, 0.25) is 0 Å². The van der Waals surface area contributed by atoms with Crippen LogP contribution in [-0.2, 0) is 9.59 Å². The Labute approximate surface area is 196 Å². The highest BCUT2D eigenvalue weighted by atomic mass is 35.5. The van der Waals surface area contributed by atoms with E-state index in [1.165, 1.54) is 0 Å². The summed E-state index contributed by atoms with van der Waals surface area (Å²) in [6.45, 7) is 5.83. The molecule has 0 aliphatic carbocycles. The molecule has 6 nitrogen and oxygen atoms in total. The molecule has 3 aromatic carbocycles. The summed E-state index contributed by atoms with van der Waals surface area (Å²) in [5, 5.41) is 5.55. The van der Waals surface area contributed by atoms with Gasteiger partial charge in [-0.05, 0) is 74.4 Å². The van der Waals surface area contributed by atoms with Crippen LogP contribution in [0, 0.1) is 20.8 Å². The van der Waals surface area contributed by atoms with E-state index in [-0.39, 0.29) is 16.6 Å².